The highest BCUT2D eigenvalue weighted by Crippen LogP contribution is 2.45. The second kappa shape index (κ2) is 31.4. The molecule has 0 heterocycles. The maximum Gasteiger partial charge on any atom is 0.119 e. The molecule has 5 aromatic carbocycles. The van der Waals surface area contributed by atoms with Gasteiger partial charge in [0.05, 0.1) is 96.6 Å². The fraction of sp³-hybridized carbons (Fsp3) is 0.429. The summed E-state index contributed by atoms with van der Waals surface area (Å²) in [6.07, 6.45) is 2.62. The first-order chi connectivity index (χ1) is 32.5. The molecule has 0 aliphatic heterocycles. The summed E-state index contributed by atoms with van der Waals surface area (Å²) in [5, 5.41) is 0.698. The molecule has 0 aliphatic rings. The van der Waals surface area contributed by atoms with Crippen LogP contribution in [0, 0.1) is 32.6 Å². The van der Waals surface area contributed by atoms with Crippen LogP contribution in [0.4, 0.5) is 0 Å². The van der Waals surface area contributed by atoms with Gasteiger partial charge in [0.1, 0.15) is 24.7 Å². The fourth-order valence-electron chi connectivity index (χ4n) is 7.34. The molecule has 0 atom stereocenters. The van der Waals surface area contributed by atoms with Crippen LogP contribution in [-0.2, 0) is 45.0 Å². The molecule has 0 bridgehead atoms. The molecule has 5 rings (SSSR count). The molecule has 0 saturated carbocycles. The van der Waals surface area contributed by atoms with E-state index in [9.17, 15) is 0 Å². The van der Waals surface area contributed by atoms with Crippen LogP contribution in [0.2, 0.25) is 0 Å². The van der Waals surface area contributed by atoms with Gasteiger partial charge in [-0.15, -0.1) is 5.92 Å². The van der Waals surface area contributed by atoms with Crippen LogP contribution >= 0.6 is 15.9 Å². The smallest absolute Gasteiger partial charge is 0.119 e. The van der Waals surface area contributed by atoms with Crippen LogP contribution in [-0.4, -0.2) is 111 Å². The van der Waals surface area contributed by atoms with E-state index in [2.05, 4.69) is 158 Å². The Kier molecular flexibility index (Phi) is 25.0. The summed E-state index contributed by atoms with van der Waals surface area (Å²) in [4.78, 5) is 0. The Morgan fingerprint density at radius 3 is 1.06 bits per heavy atom. The Morgan fingerprint density at radius 2 is 0.682 bits per heavy atom. The highest BCUT2D eigenvalue weighted by Gasteiger charge is 2.38. The van der Waals surface area contributed by atoms with E-state index >= 15 is 0 Å². The summed E-state index contributed by atoms with van der Waals surface area (Å²) in [5.74, 6) is 7.58. The van der Waals surface area contributed by atoms with Crippen molar-refractivity contribution in [1.29, 1.82) is 0 Å². The normalized spacial score (nSPS) is 11.3. The first-order valence-electron chi connectivity index (χ1n) is 23.2. The third-order valence-electron chi connectivity index (χ3n) is 10.8. The van der Waals surface area contributed by atoms with E-state index in [4.69, 9.17) is 42.6 Å². The lowest BCUT2D eigenvalue weighted by Crippen LogP contribution is -2.31. The number of halogens is 1. The minimum absolute atomic E-state index is 0.446. The third kappa shape index (κ3) is 18.6. The topological polar surface area (TPSA) is 83.1 Å². The zero-order chi connectivity index (χ0) is 46.3. The Hall–Kier alpha value is -4.54. The molecule has 0 fully saturated rings. The Morgan fingerprint density at radius 1 is 0.364 bits per heavy atom. The lowest BCUT2D eigenvalue weighted by atomic mass is 9.65. The van der Waals surface area contributed by atoms with E-state index < -0.39 is 5.41 Å². The van der Waals surface area contributed by atoms with Gasteiger partial charge in [0, 0.05) is 13.0 Å². The van der Waals surface area contributed by atoms with Crippen molar-refractivity contribution < 1.29 is 42.6 Å². The SMILES string of the molecule is Cc1ccc(C(c2ccc(C)cc2)(c2ccc(C)cc2)c2ccc(OCCOCCOCCOc3ccc(CCCOCCOCCOCCOCCOCCC#CCBr)cc3)cc2)cc1. The highest BCUT2D eigenvalue weighted by atomic mass is 79.9. The Labute approximate surface area is 402 Å². The average Bonchev–Trinajstić information content (AvgIpc) is 3.34. The maximum absolute atomic E-state index is 6.11. The van der Waals surface area contributed by atoms with Gasteiger partial charge in [0.2, 0.25) is 0 Å². The molecule has 0 saturated heterocycles. The minimum Gasteiger partial charge on any atom is -0.491 e. The van der Waals surface area contributed by atoms with Crippen molar-refractivity contribution in [2.24, 2.45) is 0 Å². The van der Waals surface area contributed by atoms with Gasteiger partial charge >= 0.3 is 0 Å². The maximum atomic E-state index is 6.11. The molecular weight excluding hydrogens is 897 g/mol. The number of alkyl halides is 1. The van der Waals surface area contributed by atoms with Gasteiger partial charge in [-0.05, 0) is 85.7 Å². The largest absolute Gasteiger partial charge is 0.491 e. The molecule has 66 heavy (non-hydrogen) atoms. The summed E-state index contributed by atoms with van der Waals surface area (Å²) in [5.41, 5.74) is 9.28. The molecule has 5 aromatic rings. The lowest BCUT2D eigenvalue weighted by molar-refractivity contribution is -0.0107. The second-order valence-electron chi connectivity index (χ2n) is 15.8. The van der Waals surface area contributed by atoms with Crippen molar-refractivity contribution >= 4 is 15.9 Å². The minimum atomic E-state index is -0.504. The first kappa shape index (κ1) is 52.4. The molecule has 0 unspecified atom stereocenters. The number of rotatable bonds is 33. The molecule has 0 spiro atoms. The van der Waals surface area contributed by atoms with Crippen molar-refractivity contribution in [2.75, 3.05) is 111 Å². The second-order valence-corrected chi connectivity index (χ2v) is 16.4. The summed E-state index contributed by atoms with van der Waals surface area (Å²) < 4.78 is 51.3. The Balaban J connectivity index is 0.877. The summed E-state index contributed by atoms with van der Waals surface area (Å²) in [7, 11) is 0. The van der Waals surface area contributed by atoms with E-state index in [0.29, 0.717) is 111 Å². The van der Waals surface area contributed by atoms with Crippen molar-refractivity contribution in [3.8, 4) is 23.3 Å². The zero-order valence-corrected chi connectivity index (χ0v) is 40.8. The molecule has 354 valence electrons. The highest BCUT2D eigenvalue weighted by molar-refractivity contribution is 9.09. The zero-order valence-electron chi connectivity index (χ0n) is 39.2. The van der Waals surface area contributed by atoms with Gasteiger partial charge in [0.15, 0.2) is 0 Å². The van der Waals surface area contributed by atoms with Gasteiger partial charge in [0.25, 0.3) is 0 Å². The van der Waals surface area contributed by atoms with Gasteiger partial charge in [-0.25, -0.2) is 0 Å². The van der Waals surface area contributed by atoms with Crippen LogP contribution < -0.4 is 9.47 Å². The summed E-state index contributed by atoms with van der Waals surface area (Å²) in [6.45, 7) is 14.9. The third-order valence-corrected chi connectivity index (χ3v) is 11.1. The van der Waals surface area contributed by atoms with E-state index in [1.54, 1.807) is 0 Å². The van der Waals surface area contributed by atoms with Crippen molar-refractivity contribution in [3.05, 3.63) is 166 Å². The predicted octanol–water partition coefficient (Wildman–Crippen LogP) is 10.3. The molecular formula is C56H69BrO9. The predicted molar refractivity (Wildman–Crippen MR) is 267 cm³/mol. The van der Waals surface area contributed by atoms with Crippen LogP contribution in [0.25, 0.3) is 0 Å². The van der Waals surface area contributed by atoms with Gasteiger partial charge in [-0.1, -0.05) is 136 Å². The molecule has 0 amide bonds. The van der Waals surface area contributed by atoms with Crippen LogP contribution in [0.5, 0.6) is 11.5 Å². The molecule has 0 N–H and O–H groups in total. The molecule has 0 aliphatic carbocycles. The summed E-state index contributed by atoms with van der Waals surface area (Å²) in [6, 6.07) is 43.5. The number of hydrogen-bond acceptors (Lipinski definition) is 9. The Bertz CT molecular complexity index is 1970. The quantitative estimate of drug-likeness (QED) is 0.0177. The molecule has 0 aromatic heterocycles. The molecule has 0 radical (unpaired) electrons. The van der Waals surface area contributed by atoms with Crippen LogP contribution in [0.15, 0.2) is 121 Å². The molecule has 9 nitrogen and oxygen atoms in total. The fourth-order valence-corrected chi connectivity index (χ4v) is 7.54. The lowest BCUT2D eigenvalue weighted by Gasteiger charge is -2.37. The van der Waals surface area contributed by atoms with Crippen molar-refractivity contribution in [1.82, 2.24) is 0 Å². The van der Waals surface area contributed by atoms with Crippen LogP contribution in [0.1, 0.15) is 57.3 Å². The number of aryl methyl sites for hydroxylation is 4. The van der Waals surface area contributed by atoms with E-state index in [-0.39, 0.29) is 0 Å². The van der Waals surface area contributed by atoms with Crippen LogP contribution in [0.3, 0.4) is 0 Å². The van der Waals surface area contributed by atoms with Crippen molar-refractivity contribution in [3.63, 3.8) is 0 Å². The van der Waals surface area contributed by atoms with E-state index in [1.807, 2.05) is 12.1 Å². The van der Waals surface area contributed by atoms with Gasteiger partial charge in [-0.3, -0.25) is 0 Å². The average molecular weight is 966 g/mol. The van der Waals surface area contributed by atoms with E-state index in [1.165, 1.54) is 44.5 Å². The molecule has 10 heteroatoms. The first-order valence-corrected chi connectivity index (χ1v) is 24.3. The number of benzene rings is 5. The van der Waals surface area contributed by atoms with Crippen molar-refractivity contribution in [2.45, 2.75) is 45.4 Å². The number of hydrogen-bond donors (Lipinski definition) is 0. The van der Waals surface area contributed by atoms with Gasteiger partial charge in [-0.2, -0.15) is 0 Å². The number of ether oxygens (including phenoxy) is 9. The van der Waals surface area contributed by atoms with E-state index in [0.717, 1.165) is 30.8 Å². The van der Waals surface area contributed by atoms with Gasteiger partial charge < -0.3 is 42.6 Å². The monoisotopic (exact) mass is 964 g/mol. The summed E-state index contributed by atoms with van der Waals surface area (Å²) >= 11 is 3.27. The standard InChI is InChI=1S/C56H69BrO9/c1-46-9-17-50(18-10-46)56(51-19-11-47(2)12-20-51,52-21-13-48(3)14-22-52)53-23-27-55(28-24-53)66-45-43-64-41-40-63-42-44-65-54-25-15-49(16-26-54)8-7-31-59-33-35-61-37-39-62-38-36-60-34-32-58-30-6-4-5-29-57/h9-28H,6-8,29-45H2,1-3H3.